The van der Waals surface area contributed by atoms with Crippen LogP contribution in [0.3, 0.4) is 0 Å². The molecule has 2 N–H and O–H groups in total. The average Bonchev–Trinajstić information content (AvgIpc) is 3.01. The molecule has 0 spiro atoms. The van der Waals surface area contributed by atoms with Gasteiger partial charge in [-0.2, -0.15) is 0 Å². The van der Waals surface area contributed by atoms with Gasteiger partial charge in [0.05, 0.1) is 24.0 Å². The summed E-state index contributed by atoms with van der Waals surface area (Å²) < 4.78 is 5.96. The van der Waals surface area contributed by atoms with Crippen molar-refractivity contribution in [2.24, 2.45) is 0 Å². The molecule has 5 heteroatoms. The third-order valence-corrected chi connectivity index (χ3v) is 6.72. The molecule has 2 atom stereocenters. The van der Waals surface area contributed by atoms with E-state index in [9.17, 15) is 4.79 Å². The van der Waals surface area contributed by atoms with Gasteiger partial charge < -0.3 is 20.3 Å². The van der Waals surface area contributed by atoms with E-state index in [0.717, 1.165) is 46.1 Å². The second kappa shape index (κ2) is 9.26. The summed E-state index contributed by atoms with van der Waals surface area (Å²) in [6.45, 7) is 2.56. The van der Waals surface area contributed by atoms with E-state index >= 15 is 0 Å². The fraction of sp³-hybridized carbons (Fsp3) is 0.276. The van der Waals surface area contributed by atoms with Crippen molar-refractivity contribution in [2.75, 3.05) is 36.2 Å². The summed E-state index contributed by atoms with van der Waals surface area (Å²) in [7, 11) is 4.08. The zero-order valence-corrected chi connectivity index (χ0v) is 20.0. The first-order valence-electron chi connectivity index (χ1n) is 11.9. The molecule has 2 aliphatic rings. The number of carbonyl (C=O) groups is 1. The standard InChI is InChI=1S/C29H31N3O2/c1-4-34-27-12-8-5-9-22(27)29-28-25(30-23-10-6-7-11-24(23)31-29)17-20(18-26(28)33)19-13-15-21(16-14-19)32(2)3/h5-16,20,29-31H,4,17-18H2,1-3H3. The van der Waals surface area contributed by atoms with Crippen molar-refractivity contribution in [3.8, 4) is 5.75 Å². The van der Waals surface area contributed by atoms with E-state index < -0.39 is 0 Å². The predicted molar refractivity (Wildman–Crippen MR) is 139 cm³/mol. The highest BCUT2D eigenvalue weighted by atomic mass is 16.5. The number of ether oxygens (including phenoxy) is 1. The largest absolute Gasteiger partial charge is 0.494 e. The zero-order chi connectivity index (χ0) is 23.7. The van der Waals surface area contributed by atoms with Crippen LogP contribution in [0.25, 0.3) is 0 Å². The van der Waals surface area contributed by atoms with Gasteiger partial charge in [-0.3, -0.25) is 4.79 Å². The zero-order valence-electron chi connectivity index (χ0n) is 20.0. The number of carbonyl (C=O) groups excluding carboxylic acids is 1. The predicted octanol–water partition coefficient (Wildman–Crippen LogP) is 6.13. The molecule has 0 saturated heterocycles. The number of benzene rings is 3. The molecular weight excluding hydrogens is 422 g/mol. The van der Waals surface area contributed by atoms with Crippen LogP contribution in [-0.4, -0.2) is 26.5 Å². The summed E-state index contributed by atoms with van der Waals surface area (Å²) in [5, 5.41) is 7.27. The molecule has 0 aromatic heterocycles. The van der Waals surface area contributed by atoms with Crippen molar-refractivity contribution in [1.29, 1.82) is 0 Å². The number of nitrogens with one attached hydrogen (secondary N) is 2. The summed E-state index contributed by atoms with van der Waals surface area (Å²) in [6, 6.07) is 24.5. The van der Waals surface area contributed by atoms with Crippen molar-refractivity contribution in [2.45, 2.75) is 31.7 Å². The van der Waals surface area contributed by atoms with Gasteiger partial charge >= 0.3 is 0 Å². The molecule has 5 nitrogen and oxygen atoms in total. The van der Waals surface area contributed by atoms with Crippen LogP contribution in [0.15, 0.2) is 84.1 Å². The van der Waals surface area contributed by atoms with Gasteiger partial charge in [-0.25, -0.2) is 0 Å². The van der Waals surface area contributed by atoms with E-state index in [2.05, 4.69) is 58.0 Å². The lowest BCUT2D eigenvalue weighted by atomic mass is 9.78. The molecule has 3 aromatic carbocycles. The lowest BCUT2D eigenvalue weighted by Gasteiger charge is -2.30. The highest BCUT2D eigenvalue weighted by molar-refractivity contribution is 6.01. The Balaban J connectivity index is 1.58. The lowest BCUT2D eigenvalue weighted by Crippen LogP contribution is -2.27. The Morgan fingerprint density at radius 2 is 1.62 bits per heavy atom. The fourth-order valence-electron chi connectivity index (χ4n) is 5.01. The first kappa shape index (κ1) is 22.1. The fourth-order valence-corrected chi connectivity index (χ4v) is 5.01. The van der Waals surface area contributed by atoms with Gasteiger partial charge in [0.15, 0.2) is 5.78 Å². The van der Waals surface area contributed by atoms with Gasteiger partial charge in [0.25, 0.3) is 0 Å². The SMILES string of the molecule is CCOc1ccccc1C1Nc2ccccc2NC2=C1C(=O)CC(c1ccc(N(C)C)cc1)C2. The molecule has 3 aromatic rings. The van der Waals surface area contributed by atoms with E-state index in [4.69, 9.17) is 4.74 Å². The normalized spacial score (nSPS) is 19.3. The van der Waals surface area contributed by atoms with Crippen LogP contribution in [0.5, 0.6) is 5.75 Å². The monoisotopic (exact) mass is 453 g/mol. The van der Waals surface area contributed by atoms with Crippen LogP contribution >= 0.6 is 0 Å². The molecule has 0 amide bonds. The van der Waals surface area contributed by atoms with Gasteiger partial charge in [0, 0.05) is 43.0 Å². The quantitative estimate of drug-likeness (QED) is 0.487. The maximum atomic E-state index is 13.8. The maximum Gasteiger partial charge on any atom is 0.163 e. The summed E-state index contributed by atoms with van der Waals surface area (Å²) in [5.74, 6) is 1.12. The van der Waals surface area contributed by atoms with E-state index in [1.165, 1.54) is 5.56 Å². The third kappa shape index (κ3) is 4.14. The van der Waals surface area contributed by atoms with E-state index in [-0.39, 0.29) is 17.7 Å². The second-order valence-corrected chi connectivity index (χ2v) is 9.13. The van der Waals surface area contributed by atoms with Gasteiger partial charge in [0.2, 0.25) is 0 Å². The molecule has 34 heavy (non-hydrogen) atoms. The van der Waals surface area contributed by atoms with Crippen LogP contribution in [0.1, 0.15) is 42.9 Å². The number of allylic oxidation sites excluding steroid dienone is 1. The van der Waals surface area contributed by atoms with Gasteiger partial charge in [-0.1, -0.05) is 42.5 Å². The molecule has 5 rings (SSSR count). The Hall–Kier alpha value is -3.73. The molecule has 2 unspecified atom stereocenters. The highest BCUT2D eigenvalue weighted by Crippen LogP contribution is 2.45. The topological polar surface area (TPSA) is 53.6 Å². The van der Waals surface area contributed by atoms with Crippen molar-refractivity contribution in [1.82, 2.24) is 0 Å². The lowest BCUT2D eigenvalue weighted by molar-refractivity contribution is -0.116. The number of Topliss-reactive ketones (excluding diaryl/α,β-unsaturated/α-hetero) is 1. The number of nitrogens with zero attached hydrogens (tertiary/aromatic N) is 1. The van der Waals surface area contributed by atoms with E-state index in [0.29, 0.717) is 13.0 Å². The first-order valence-corrected chi connectivity index (χ1v) is 11.9. The van der Waals surface area contributed by atoms with Crippen LogP contribution < -0.4 is 20.3 Å². The minimum atomic E-state index is -0.279. The molecule has 1 aliphatic carbocycles. The molecule has 1 aliphatic heterocycles. The Kier molecular flexibility index (Phi) is 6.01. The number of fused-ring (bicyclic) bond motifs is 1. The number of para-hydroxylation sites is 3. The Morgan fingerprint density at radius 1 is 0.912 bits per heavy atom. The third-order valence-electron chi connectivity index (χ3n) is 6.72. The van der Waals surface area contributed by atoms with Crippen LogP contribution in [0.2, 0.25) is 0 Å². The minimum absolute atomic E-state index is 0.142. The molecule has 0 bridgehead atoms. The summed E-state index contributed by atoms with van der Waals surface area (Å²) in [4.78, 5) is 15.8. The number of anilines is 3. The molecule has 0 radical (unpaired) electrons. The van der Waals surface area contributed by atoms with Gasteiger partial charge in [0.1, 0.15) is 5.75 Å². The highest BCUT2D eigenvalue weighted by Gasteiger charge is 2.37. The van der Waals surface area contributed by atoms with E-state index in [1.54, 1.807) is 0 Å². The van der Waals surface area contributed by atoms with Crippen LogP contribution in [0.4, 0.5) is 17.1 Å². The molecule has 0 saturated carbocycles. The van der Waals surface area contributed by atoms with Crippen LogP contribution in [0, 0.1) is 0 Å². The molecular formula is C29H31N3O2. The van der Waals surface area contributed by atoms with Crippen molar-refractivity contribution >= 4 is 22.8 Å². The van der Waals surface area contributed by atoms with Crippen molar-refractivity contribution < 1.29 is 9.53 Å². The number of hydrogen-bond acceptors (Lipinski definition) is 5. The van der Waals surface area contributed by atoms with E-state index in [1.807, 2.05) is 51.4 Å². The molecule has 174 valence electrons. The summed E-state index contributed by atoms with van der Waals surface area (Å²) in [6.07, 6.45) is 1.28. The Bertz CT molecular complexity index is 1230. The second-order valence-electron chi connectivity index (χ2n) is 9.13. The number of ketones is 1. The van der Waals surface area contributed by atoms with Crippen LogP contribution in [-0.2, 0) is 4.79 Å². The van der Waals surface area contributed by atoms with Crippen molar-refractivity contribution in [3.63, 3.8) is 0 Å². The summed E-state index contributed by atoms with van der Waals surface area (Å²) in [5.41, 5.74) is 7.11. The average molecular weight is 454 g/mol. The molecule has 0 fully saturated rings. The Morgan fingerprint density at radius 3 is 2.35 bits per heavy atom. The minimum Gasteiger partial charge on any atom is -0.494 e. The van der Waals surface area contributed by atoms with Gasteiger partial charge in [-0.05, 0) is 55.2 Å². The number of hydrogen-bond donors (Lipinski definition) is 2. The first-order chi connectivity index (χ1) is 16.5. The molecule has 1 heterocycles. The van der Waals surface area contributed by atoms with Crippen molar-refractivity contribution in [3.05, 3.63) is 95.2 Å². The van der Waals surface area contributed by atoms with Gasteiger partial charge in [-0.15, -0.1) is 0 Å². The smallest absolute Gasteiger partial charge is 0.163 e. The summed E-state index contributed by atoms with van der Waals surface area (Å²) >= 11 is 0. The Labute approximate surface area is 201 Å². The maximum absolute atomic E-state index is 13.8. The number of rotatable bonds is 5.